The number of fused-ring (bicyclic) bond motifs is 1. The van der Waals surface area contributed by atoms with Gasteiger partial charge in [-0.3, -0.25) is 9.78 Å². The Morgan fingerprint density at radius 1 is 1.57 bits per heavy atom. The summed E-state index contributed by atoms with van der Waals surface area (Å²) in [6.07, 6.45) is 1.38. The Bertz CT molecular complexity index is 697. The Kier molecular flexibility index (Phi) is 3.62. The molecule has 3 N–H and O–H groups in total. The van der Waals surface area contributed by atoms with Crippen LogP contribution in [-0.4, -0.2) is 52.8 Å². The third-order valence-electron chi connectivity index (χ3n) is 3.57. The summed E-state index contributed by atoms with van der Waals surface area (Å²) in [7, 11) is 3.23. The molecule has 3 atom stereocenters. The van der Waals surface area contributed by atoms with Gasteiger partial charge in [-0.15, -0.1) is 0 Å². The number of aromatic nitrogens is 4. The third kappa shape index (κ3) is 2.39. The van der Waals surface area contributed by atoms with E-state index >= 15 is 0 Å². The van der Waals surface area contributed by atoms with E-state index in [0.29, 0.717) is 24.1 Å². The first-order valence-corrected chi connectivity index (χ1v) is 6.54. The average Bonchev–Trinajstić information content (AvgIpc) is 3.02. The lowest BCUT2D eigenvalue weighted by Crippen LogP contribution is -2.27. The van der Waals surface area contributed by atoms with Crippen molar-refractivity contribution in [1.82, 2.24) is 19.7 Å². The summed E-state index contributed by atoms with van der Waals surface area (Å²) >= 11 is 0. The first-order valence-electron chi connectivity index (χ1n) is 6.54. The van der Waals surface area contributed by atoms with Crippen LogP contribution in [0.25, 0.3) is 11.0 Å². The number of rotatable bonds is 4. The number of nitrogens with two attached hydrogens (primary N) is 1. The summed E-state index contributed by atoms with van der Waals surface area (Å²) in [5, 5.41) is 4.57. The highest BCUT2D eigenvalue weighted by Crippen LogP contribution is 2.31. The van der Waals surface area contributed by atoms with Gasteiger partial charge in [0.1, 0.15) is 11.5 Å². The van der Waals surface area contributed by atoms with Crippen LogP contribution in [0, 0.1) is 0 Å². The van der Waals surface area contributed by atoms with Crippen LogP contribution in [-0.2, 0) is 14.2 Å². The van der Waals surface area contributed by atoms with Crippen LogP contribution in [0.5, 0.6) is 0 Å². The van der Waals surface area contributed by atoms with Crippen molar-refractivity contribution in [3.8, 4) is 0 Å². The second kappa shape index (κ2) is 5.43. The smallest absolute Gasteiger partial charge is 0.263 e. The largest absolute Gasteiger partial charge is 0.382 e. The van der Waals surface area contributed by atoms with Crippen molar-refractivity contribution in [3.05, 3.63) is 16.6 Å². The number of hydrogen-bond donors (Lipinski definition) is 2. The molecule has 0 aromatic carbocycles. The van der Waals surface area contributed by atoms with E-state index in [-0.39, 0.29) is 29.9 Å². The molecular weight excluding hydrogens is 278 g/mol. The molecule has 3 rings (SSSR count). The quantitative estimate of drug-likeness (QED) is 0.791. The van der Waals surface area contributed by atoms with Crippen molar-refractivity contribution in [1.29, 1.82) is 0 Å². The van der Waals surface area contributed by atoms with Crippen LogP contribution in [0.4, 0.5) is 5.95 Å². The number of hydrogen-bond acceptors (Lipinski definition) is 7. The standard InChI is InChI=1S/C12H17N5O4/c1-19-5-8-7(20-2)3-9(21-8)17-10-6(4-14-17)11(18)16-12(13)15-10/h4,7-9H,3,5H2,1-2H3,(H3,13,15,16,18)/t7?,8-,9-/m1/s1. The van der Waals surface area contributed by atoms with Gasteiger partial charge in [-0.1, -0.05) is 0 Å². The molecule has 9 heteroatoms. The molecule has 114 valence electrons. The van der Waals surface area contributed by atoms with Crippen molar-refractivity contribution in [2.75, 3.05) is 26.6 Å². The highest BCUT2D eigenvalue weighted by atomic mass is 16.6. The topological polar surface area (TPSA) is 117 Å². The van der Waals surface area contributed by atoms with E-state index in [1.54, 1.807) is 18.9 Å². The molecule has 2 aromatic heterocycles. The Morgan fingerprint density at radius 3 is 3.10 bits per heavy atom. The number of aromatic amines is 1. The van der Waals surface area contributed by atoms with Crippen LogP contribution in [0.3, 0.4) is 0 Å². The van der Waals surface area contributed by atoms with Gasteiger partial charge in [0.15, 0.2) is 11.9 Å². The summed E-state index contributed by atoms with van der Waals surface area (Å²) < 4.78 is 18.0. The fourth-order valence-electron chi connectivity index (χ4n) is 2.58. The normalized spacial score (nSPS) is 25.7. The maximum atomic E-state index is 11.8. The molecule has 0 spiro atoms. The first-order chi connectivity index (χ1) is 10.1. The molecule has 1 aliphatic heterocycles. The molecule has 1 aliphatic rings. The van der Waals surface area contributed by atoms with Crippen molar-refractivity contribution < 1.29 is 14.2 Å². The molecule has 1 unspecified atom stereocenters. The minimum absolute atomic E-state index is 0.0454. The molecule has 21 heavy (non-hydrogen) atoms. The lowest BCUT2D eigenvalue weighted by atomic mass is 10.2. The van der Waals surface area contributed by atoms with Gasteiger partial charge in [0.2, 0.25) is 5.95 Å². The van der Waals surface area contributed by atoms with Crippen LogP contribution < -0.4 is 11.3 Å². The van der Waals surface area contributed by atoms with Crippen molar-refractivity contribution >= 4 is 17.0 Å². The van der Waals surface area contributed by atoms with Crippen LogP contribution in [0.1, 0.15) is 12.6 Å². The van der Waals surface area contributed by atoms with Gasteiger partial charge < -0.3 is 19.9 Å². The minimum Gasteiger partial charge on any atom is -0.382 e. The molecule has 1 saturated heterocycles. The van der Waals surface area contributed by atoms with E-state index in [9.17, 15) is 4.79 Å². The fourth-order valence-corrected chi connectivity index (χ4v) is 2.58. The molecule has 3 heterocycles. The monoisotopic (exact) mass is 295 g/mol. The molecule has 1 fully saturated rings. The lowest BCUT2D eigenvalue weighted by Gasteiger charge is -2.15. The fraction of sp³-hybridized carbons (Fsp3) is 0.583. The van der Waals surface area contributed by atoms with E-state index in [1.165, 1.54) is 6.20 Å². The molecule has 9 nitrogen and oxygen atoms in total. The molecule has 0 bridgehead atoms. The number of H-pyrrole nitrogens is 1. The summed E-state index contributed by atoms with van der Waals surface area (Å²) in [6, 6.07) is 0. The van der Waals surface area contributed by atoms with Crippen molar-refractivity contribution in [3.63, 3.8) is 0 Å². The highest BCUT2D eigenvalue weighted by molar-refractivity contribution is 5.74. The number of nitrogen functional groups attached to an aromatic ring is 1. The molecule has 0 aliphatic carbocycles. The lowest BCUT2D eigenvalue weighted by molar-refractivity contribution is -0.0626. The first kappa shape index (κ1) is 14.0. The van der Waals surface area contributed by atoms with Gasteiger partial charge >= 0.3 is 0 Å². The molecule has 2 aromatic rings. The molecule has 0 saturated carbocycles. The maximum absolute atomic E-state index is 11.8. The highest BCUT2D eigenvalue weighted by Gasteiger charge is 2.37. The van der Waals surface area contributed by atoms with E-state index in [2.05, 4.69) is 15.1 Å². The van der Waals surface area contributed by atoms with Gasteiger partial charge in [-0.05, 0) is 0 Å². The predicted octanol–water partition coefficient (Wildman–Crippen LogP) is -0.349. The van der Waals surface area contributed by atoms with Crippen molar-refractivity contribution in [2.24, 2.45) is 0 Å². The van der Waals surface area contributed by atoms with Gasteiger partial charge in [-0.25, -0.2) is 4.68 Å². The van der Waals surface area contributed by atoms with Crippen LogP contribution in [0.15, 0.2) is 11.0 Å². The zero-order valence-corrected chi connectivity index (χ0v) is 11.8. The average molecular weight is 295 g/mol. The predicted molar refractivity (Wildman–Crippen MR) is 73.8 cm³/mol. The maximum Gasteiger partial charge on any atom is 0.263 e. The molecule has 0 radical (unpaired) electrons. The summed E-state index contributed by atoms with van der Waals surface area (Å²) in [5.74, 6) is 0.0454. The van der Waals surface area contributed by atoms with Gasteiger partial charge in [0, 0.05) is 20.6 Å². The zero-order valence-electron chi connectivity index (χ0n) is 11.8. The summed E-state index contributed by atoms with van der Waals surface area (Å²) in [5.41, 5.74) is 5.66. The third-order valence-corrected chi connectivity index (χ3v) is 3.57. The number of nitrogens with zero attached hydrogens (tertiary/aromatic N) is 3. The second-order valence-electron chi connectivity index (χ2n) is 4.87. The molecular formula is C12H17N5O4. The summed E-state index contributed by atoms with van der Waals surface area (Å²) in [6.45, 7) is 0.421. The van der Waals surface area contributed by atoms with Crippen LogP contribution in [0.2, 0.25) is 0 Å². The Hall–Kier alpha value is -1.97. The van der Waals surface area contributed by atoms with E-state index in [4.69, 9.17) is 19.9 Å². The van der Waals surface area contributed by atoms with Crippen LogP contribution >= 0.6 is 0 Å². The minimum atomic E-state index is -0.374. The van der Waals surface area contributed by atoms with Gasteiger partial charge in [-0.2, -0.15) is 10.1 Å². The zero-order chi connectivity index (χ0) is 15.0. The Morgan fingerprint density at radius 2 is 2.38 bits per heavy atom. The number of ether oxygens (including phenoxy) is 3. The summed E-state index contributed by atoms with van der Waals surface area (Å²) in [4.78, 5) is 18.4. The number of nitrogens with one attached hydrogen (secondary N) is 1. The van der Waals surface area contributed by atoms with E-state index < -0.39 is 0 Å². The van der Waals surface area contributed by atoms with Crippen molar-refractivity contribution in [2.45, 2.75) is 24.9 Å². The molecule has 0 amide bonds. The van der Waals surface area contributed by atoms with Gasteiger partial charge in [0.05, 0.1) is 18.9 Å². The van der Waals surface area contributed by atoms with Gasteiger partial charge in [0.25, 0.3) is 5.56 Å². The van der Waals surface area contributed by atoms with E-state index in [1.807, 2.05) is 0 Å². The number of anilines is 1. The second-order valence-corrected chi connectivity index (χ2v) is 4.87. The Labute approximate surface area is 120 Å². The SMILES string of the molecule is COC[C@H]1O[C@@H](n2ncc3c(=O)[nH]c(N)nc32)CC1OC. The number of methoxy groups -OCH3 is 2. The Balaban J connectivity index is 1.96. The van der Waals surface area contributed by atoms with E-state index in [0.717, 1.165) is 0 Å².